The molecule has 4 N–H and O–H groups in total. The molecule has 0 spiro atoms. The van der Waals surface area contributed by atoms with Crippen LogP contribution in [-0.4, -0.2) is 35.8 Å². The average Bonchev–Trinajstić information content (AvgIpc) is 3.51. The monoisotopic (exact) mass is 459 g/mol. The van der Waals surface area contributed by atoms with Gasteiger partial charge in [-0.2, -0.15) is 10.4 Å². The number of benzene rings is 2. The molecular weight excluding hydrogens is 437 g/mol. The van der Waals surface area contributed by atoms with Gasteiger partial charge in [-0.3, -0.25) is 5.10 Å². The van der Waals surface area contributed by atoms with E-state index in [4.69, 9.17) is 16.0 Å². The summed E-state index contributed by atoms with van der Waals surface area (Å²) in [6.45, 7) is 3.01. The number of hydrogen-bond donors (Lipinski definition) is 3. The predicted octanol–water partition coefficient (Wildman–Crippen LogP) is 3.81. The lowest BCUT2D eigenvalue weighted by Gasteiger charge is -2.14. The highest BCUT2D eigenvalue weighted by molar-refractivity contribution is 5.94. The van der Waals surface area contributed by atoms with Gasteiger partial charge in [0.25, 0.3) is 0 Å². The number of imidazole rings is 1. The molecule has 1 aliphatic rings. The van der Waals surface area contributed by atoms with Gasteiger partial charge in [0.15, 0.2) is 17.4 Å². The van der Waals surface area contributed by atoms with Crippen molar-refractivity contribution < 1.29 is 14.3 Å². The molecule has 172 valence electrons. The van der Waals surface area contributed by atoms with Crippen LogP contribution in [0.25, 0.3) is 33.5 Å². The Morgan fingerprint density at radius 1 is 1.32 bits per heavy atom. The molecule has 1 aliphatic heterocycles. The molecule has 5 rings (SSSR count). The number of aryl methyl sites for hydroxylation is 1. The maximum absolute atomic E-state index is 14.1. The molecule has 10 heteroatoms. The summed E-state index contributed by atoms with van der Waals surface area (Å²) in [6.07, 6.45) is 0.921. The molecule has 34 heavy (non-hydrogen) atoms. The van der Waals surface area contributed by atoms with Crippen molar-refractivity contribution in [3.63, 3.8) is 0 Å². The number of aromatic hydroxyl groups is 1. The summed E-state index contributed by atoms with van der Waals surface area (Å²) in [5.41, 5.74) is 10.7. The van der Waals surface area contributed by atoms with E-state index in [-0.39, 0.29) is 12.2 Å². The zero-order valence-corrected chi connectivity index (χ0v) is 18.5. The number of H-pyrrole nitrogens is 1. The van der Waals surface area contributed by atoms with Crippen molar-refractivity contribution in [3.8, 4) is 34.5 Å². The molecule has 0 atom stereocenters. The van der Waals surface area contributed by atoms with Crippen LogP contribution in [0.5, 0.6) is 5.75 Å². The molecule has 3 heterocycles. The Labute approximate surface area is 194 Å². The van der Waals surface area contributed by atoms with E-state index in [2.05, 4.69) is 16.3 Å². The third-order valence-electron chi connectivity index (χ3n) is 6.23. The summed E-state index contributed by atoms with van der Waals surface area (Å²) in [7, 11) is 0. The summed E-state index contributed by atoms with van der Waals surface area (Å²) < 4.78 is 16.0. The van der Waals surface area contributed by atoms with Crippen molar-refractivity contribution >= 4 is 16.9 Å². The van der Waals surface area contributed by atoms with Gasteiger partial charge in [0.05, 0.1) is 42.5 Å². The number of aromatic nitrogens is 4. The summed E-state index contributed by atoms with van der Waals surface area (Å²) >= 11 is 0. The number of aromatic amines is 1. The number of carbonyl (C=O) groups is 1. The average molecular weight is 459 g/mol. The smallest absolute Gasteiger partial charge is 0.315 e. The van der Waals surface area contributed by atoms with E-state index in [1.54, 1.807) is 0 Å². The van der Waals surface area contributed by atoms with E-state index < -0.39 is 11.8 Å². The Morgan fingerprint density at radius 2 is 2.15 bits per heavy atom. The van der Waals surface area contributed by atoms with E-state index in [1.807, 2.05) is 29.7 Å². The Balaban J connectivity index is 1.59. The number of halogens is 1. The van der Waals surface area contributed by atoms with Gasteiger partial charge in [0, 0.05) is 11.9 Å². The molecule has 9 nitrogen and oxygen atoms in total. The highest BCUT2D eigenvalue weighted by Crippen LogP contribution is 2.35. The minimum Gasteiger partial charge on any atom is -0.505 e. The molecule has 2 aromatic carbocycles. The predicted molar refractivity (Wildman–Crippen MR) is 123 cm³/mol. The van der Waals surface area contributed by atoms with Crippen molar-refractivity contribution in [1.82, 2.24) is 24.6 Å². The second-order valence-electron chi connectivity index (χ2n) is 8.23. The van der Waals surface area contributed by atoms with Gasteiger partial charge in [0.1, 0.15) is 5.69 Å². The van der Waals surface area contributed by atoms with Crippen molar-refractivity contribution in [2.45, 2.75) is 39.4 Å². The number of rotatable bonds is 5. The molecule has 0 saturated carbocycles. The molecule has 2 aromatic heterocycles. The fraction of sp³-hybridized carbons (Fsp3) is 0.250. The largest absolute Gasteiger partial charge is 0.505 e. The molecule has 0 radical (unpaired) electrons. The highest BCUT2D eigenvalue weighted by atomic mass is 19.1. The molecule has 0 saturated heterocycles. The fourth-order valence-electron chi connectivity index (χ4n) is 4.52. The van der Waals surface area contributed by atoms with Gasteiger partial charge in [-0.25, -0.2) is 14.2 Å². The first kappa shape index (κ1) is 21.5. The number of primary amides is 1. The van der Waals surface area contributed by atoms with Crippen LogP contribution in [0.2, 0.25) is 0 Å². The number of nitrogens with zero attached hydrogens (tertiary/aromatic N) is 5. The number of nitrogens with one attached hydrogen (secondary N) is 1. The van der Waals surface area contributed by atoms with Gasteiger partial charge < -0.3 is 20.3 Å². The fourth-order valence-corrected chi connectivity index (χ4v) is 4.52. The molecule has 4 aromatic rings. The summed E-state index contributed by atoms with van der Waals surface area (Å²) in [5, 5.41) is 27.2. The van der Waals surface area contributed by atoms with E-state index >= 15 is 0 Å². The van der Waals surface area contributed by atoms with E-state index in [1.165, 1.54) is 17.0 Å². The normalized spacial score (nSPS) is 12.8. The van der Waals surface area contributed by atoms with Gasteiger partial charge in [-0.15, -0.1) is 0 Å². The first-order chi connectivity index (χ1) is 16.4. The summed E-state index contributed by atoms with van der Waals surface area (Å²) in [4.78, 5) is 17.9. The number of fused-ring (bicyclic) bond motifs is 2. The maximum atomic E-state index is 14.1. The van der Waals surface area contributed by atoms with E-state index in [0.717, 1.165) is 33.4 Å². The number of phenols is 1. The lowest BCUT2D eigenvalue weighted by atomic mass is 9.96. The van der Waals surface area contributed by atoms with Crippen molar-refractivity contribution in [1.29, 1.82) is 5.26 Å². The van der Waals surface area contributed by atoms with Crippen LogP contribution in [0.4, 0.5) is 9.18 Å². The third kappa shape index (κ3) is 3.42. The van der Waals surface area contributed by atoms with Gasteiger partial charge in [-0.1, -0.05) is 13.0 Å². The van der Waals surface area contributed by atoms with Crippen LogP contribution in [0.3, 0.4) is 0 Å². The number of carbonyl (C=O) groups excluding carboxylic acids is 1. The number of nitriles is 1. The Morgan fingerprint density at radius 3 is 2.88 bits per heavy atom. The molecule has 2 amide bonds. The van der Waals surface area contributed by atoms with Crippen LogP contribution < -0.4 is 5.73 Å². The zero-order valence-electron chi connectivity index (χ0n) is 18.5. The summed E-state index contributed by atoms with van der Waals surface area (Å²) in [6, 6.07) is 10.1. The quantitative estimate of drug-likeness (QED) is 0.417. The van der Waals surface area contributed by atoms with Crippen molar-refractivity contribution in [3.05, 3.63) is 53.1 Å². The Hall–Kier alpha value is -4.39. The second kappa shape index (κ2) is 8.19. The zero-order chi connectivity index (χ0) is 24.0. The minimum absolute atomic E-state index is 0.283. The SMILES string of the molecule is CCc1cc(O)c(F)cc1-c1ccc2c(-c3nc4c(n3CCC#N)CN(C(N)=O)C4)n[nH]c2c1. The first-order valence-corrected chi connectivity index (χ1v) is 10.9. The van der Waals surface area contributed by atoms with Crippen LogP contribution in [0.1, 0.15) is 30.3 Å². The highest BCUT2D eigenvalue weighted by Gasteiger charge is 2.30. The molecular formula is C24H22FN7O2. The maximum Gasteiger partial charge on any atom is 0.315 e. The summed E-state index contributed by atoms with van der Waals surface area (Å²) in [5.74, 6) is -0.414. The molecule has 0 aliphatic carbocycles. The van der Waals surface area contributed by atoms with Crippen LogP contribution in [0, 0.1) is 17.1 Å². The topological polar surface area (TPSA) is 137 Å². The molecule has 0 bridgehead atoms. The Bertz CT molecular complexity index is 1480. The minimum atomic E-state index is -0.670. The van der Waals surface area contributed by atoms with E-state index in [9.17, 15) is 14.3 Å². The number of phenolic OH excluding ortho intramolecular Hbond substituents is 1. The number of amides is 2. The van der Waals surface area contributed by atoms with Gasteiger partial charge in [-0.05, 0) is 47.4 Å². The number of nitrogens with two attached hydrogens (primary N) is 1. The third-order valence-corrected chi connectivity index (χ3v) is 6.23. The van der Waals surface area contributed by atoms with Gasteiger partial charge in [0.2, 0.25) is 0 Å². The molecule has 0 unspecified atom stereocenters. The van der Waals surface area contributed by atoms with E-state index in [0.29, 0.717) is 43.1 Å². The lowest BCUT2D eigenvalue weighted by molar-refractivity contribution is 0.207. The van der Waals surface area contributed by atoms with Crippen LogP contribution in [0.15, 0.2) is 30.3 Å². The van der Waals surface area contributed by atoms with Crippen LogP contribution >= 0.6 is 0 Å². The second-order valence-corrected chi connectivity index (χ2v) is 8.23. The molecule has 0 fully saturated rings. The Kier molecular flexibility index (Phi) is 5.17. The number of hydrogen-bond acceptors (Lipinski definition) is 5. The van der Waals surface area contributed by atoms with Crippen molar-refractivity contribution in [2.75, 3.05) is 0 Å². The van der Waals surface area contributed by atoms with Gasteiger partial charge >= 0.3 is 6.03 Å². The number of urea groups is 1. The lowest BCUT2D eigenvalue weighted by Crippen LogP contribution is -2.31. The van der Waals surface area contributed by atoms with Crippen molar-refractivity contribution in [2.24, 2.45) is 5.73 Å². The first-order valence-electron chi connectivity index (χ1n) is 10.9. The standard InChI is InChI=1S/C24H22FN7O2/c1-2-13-9-21(33)17(25)10-16(13)14-4-5-15-18(8-14)29-30-22(15)23-28-19-11-31(24(27)34)12-20(19)32(23)7-3-6-26/h4-5,8-10,33H,2-3,7,11-12H2,1H3,(H2,27,34)(H,29,30). The van der Waals surface area contributed by atoms with Crippen LogP contribution in [-0.2, 0) is 26.1 Å².